The molecule has 3 aromatic carbocycles. The van der Waals surface area contributed by atoms with Crippen LogP contribution in [0.25, 0.3) is 0 Å². The third-order valence-electron chi connectivity index (χ3n) is 6.60. The van der Waals surface area contributed by atoms with Crippen molar-refractivity contribution in [1.29, 1.82) is 0 Å². The number of halogens is 2. The summed E-state index contributed by atoms with van der Waals surface area (Å²) >= 11 is 12.7. The SMILES string of the molecule is CCCNC(=O)C(CC)N(Cc1ccccc1C)C(=O)CN(c1cc(Cl)ccc1Cl)S(=O)(=O)c1ccc(C)cc1. The van der Waals surface area contributed by atoms with E-state index in [0.717, 1.165) is 27.4 Å². The van der Waals surface area contributed by atoms with Gasteiger partial charge in [0.1, 0.15) is 12.6 Å². The van der Waals surface area contributed by atoms with Crippen LogP contribution in [0.4, 0.5) is 5.69 Å². The van der Waals surface area contributed by atoms with Gasteiger partial charge in [-0.05, 0) is 68.1 Å². The molecule has 2 amide bonds. The molecule has 0 heterocycles. The molecule has 0 saturated heterocycles. The summed E-state index contributed by atoms with van der Waals surface area (Å²) in [5, 5.41) is 3.26. The molecule has 0 aliphatic rings. The maximum absolute atomic E-state index is 14.1. The summed E-state index contributed by atoms with van der Waals surface area (Å²) in [6.45, 7) is 7.56. The fourth-order valence-corrected chi connectivity index (χ4v) is 6.15. The molecule has 1 N–H and O–H groups in total. The first-order valence-electron chi connectivity index (χ1n) is 13.2. The van der Waals surface area contributed by atoms with Crippen molar-refractivity contribution in [1.82, 2.24) is 10.2 Å². The predicted octanol–water partition coefficient (Wildman–Crippen LogP) is 6.14. The van der Waals surface area contributed by atoms with E-state index >= 15 is 0 Å². The molecule has 214 valence electrons. The van der Waals surface area contributed by atoms with Crippen molar-refractivity contribution in [3.63, 3.8) is 0 Å². The van der Waals surface area contributed by atoms with E-state index in [1.807, 2.05) is 52.0 Å². The fraction of sp³-hybridized carbons (Fsp3) is 0.333. The van der Waals surface area contributed by atoms with Gasteiger partial charge in [-0.3, -0.25) is 13.9 Å². The molecule has 1 atom stereocenters. The van der Waals surface area contributed by atoms with Crippen LogP contribution in [-0.2, 0) is 26.2 Å². The highest BCUT2D eigenvalue weighted by molar-refractivity contribution is 7.92. The molecule has 7 nitrogen and oxygen atoms in total. The van der Waals surface area contributed by atoms with E-state index < -0.39 is 28.5 Å². The Morgan fingerprint density at radius 2 is 1.62 bits per heavy atom. The van der Waals surface area contributed by atoms with Crippen molar-refractivity contribution in [3.8, 4) is 0 Å². The summed E-state index contributed by atoms with van der Waals surface area (Å²) in [6.07, 6.45) is 1.08. The van der Waals surface area contributed by atoms with E-state index in [4.69, 9.17) is 23.2 Å². The number of nitrogens with one attached hydrogen (secondary N) is 1. The van der Waals surface area contributed by atoms with Gasteiger partial charge in [-0.2, -0.15) is 0 Å². The maximum atomic E-state index is 14.1. The summed E-state index contributed by atoms with van der Waals surface area (Å²) < 4.78 is 28.9. The number of amides is 2. The molecule has 3 rings (SSSR count). The molecule has 3 aromatic rings. The summed E-state index contributed by atoms with van der Waals surface area (Å²) in [5.41, 5.74) is 2.76. The number of nitrogens with zero attached hydrogens (tertiary/aromatic N) is 2. The van der Waals surface area contributed by atoms with Gasteiger partial charge in [0.2, 0.25) is 11.8 Å². The van der Waals surface area contributed by atoms with E-state index in [1.165, 1.54) is 29.2 Å². The van der Waals surface area contributed by atoms with Crippen molar-refractivity contribution in [2.75, 3.05) is 17.4 Å². The minimum atomic E-state index is -4.24. The summed E-state index contributed by atoms with van der Waals surface area (Å²) in [4.78, 5) is 28.7. The number of rotatable bonds is 12. The molecule has 0 aliphatic heterocycles. The van der Waals surface area contributed by atoms with Crippen molar-refractivity contribution >= 4 is 50.7 Å². The molecule has 0 spiro atoms. The summed E-state index contributed by atoms with van der Waals surface area (Å²) in [7, 11) is -4.24. The highest BCUT2D eigenvalue weighted by Gasteiger charge is 2.34. The molecular weight excluding hydrogens is 569 g/mol. The average Bonchev–Trinajstić information content (AvgIpc) is 2.93. The zero-order valence-corrected chi connectivity index (χ0v) is 25.5. The Kier molecular flexibility index (Phi) is 11.0. The minimum Gasteiger partial charge on any atom is -0.354 e. The number of carbonyl (C=O) groups excluding carboxylic acids is 2. The summed E-state index contributed by atoms with van der Waals surface area (Å²) in [6, 6.07) is 17.5. The fourth-order valence-electron chi connectivity index (χ4n) is 4.28. The second kappa shape index (κ2) is 14.0. The lowest BCUT2D eigenvalue weighted by Crippen LogP contribution is -2.52. The van der Waals surface area contributed by atoms with Gasteiger partial charge >= 0.3 is 0 Å². The molecule has 0 saturated carbocycles. The first-order valence-corrected chi connectivity index (χ1v) is 15.3. The highest BCUT2D eigenvalue weighted by atomic mass is 35.5. The largest absolute Gasteiger partial charge is 0.354 e. The molecular formula is C30H35Cl2N3O4S. The Hall–Kier alpha value is -3.07. The van der Waals surface area contributed by atoms with Gasteiger partial charge in [0.05, 0.1) is 15.6 Å². The monoisotopic (exact) mass is 603 g/mol. The van der Waals surface area contributed by atoms with Gasteiger partial charge in [0, 0.05) is 18.1 Å². The van der Waals surface area contributed by atoms with Gasteiger partial charge < -0.3 is 10.2 Å². The second-order valence-corrected chi connectivity index (χ2v) is 12.3. The Morgan fingerprint density at radius 1 is 0.950 bits per heavy atom. The standard InChI is InChI=1S/C30H35Cl2N3O4S/c1-5-17-33-30(37)27(6-2)34(19-23-10-8-7-9-22(23)4)29(36)20-35(28-18-24(31)13-16-26(28)32)40(38,39)25-14-11-21(3)12-15-25/h7-16,18,27H,5-6,17,19-20H2,1-4H3,(H,33,37). The maximum Gasteiger partial charge on any atom is 0.264 e. The second-order valence-electron chi connectivity index (χ2n) is 9.58. The van der Waals surface area contributed by atoms with Crippen LogP contribution in [0.15, 0.2) is 71.6 Å². The van der Waals surface area contributed by atoms with Crippen molar-refractivity contribution in [2.45, 2.75) is 58.0 Å². The molecule has 0 fully saturated rings. The third-order valence-corrected chi connectivity index (χ3v) is 8.93. The molecule has 40 heavy (non-hydrogen) atoms. The molecule has 0 radical (unpaired) electrons. The number of sulfonamides is 1. The van der Waals surface area contributed by atoms with Gasteiger partial charge in [0.15, 0.2) is 0 Å². The van der Waals surface area contributed by atoms with E-state index in [9.17, 15) is 18.0 Å². The molecule has 10 heteroatoms. The lowest BCUT2D eigenvalue weighted by Gasteiger charge is -2.33. The summed E-state index contributed by atoms with van der Waals surface area (Å²) in [5.74, 6) is -0.839. The lowest BCUT2D eigenvalue weighted by atomic mass is 10.1. The smallest absolute Gasteiger partial charge is 0.264 e. The van der Waals surface area contributed by atoms with Gasteiger partial charge in [-0.1, -0.05) is 79.0 Å². The van der Waals surface area contributed by atoms with E-state index in [-0.39, 0.29) is 33.1 Å². The van der Waals surface area contributed by atoms with Crippen LogP contribution in [0.1, 0.15) is 43.4 Å². The molecule has 0 aromatic heterocycles. The topological polar surface area (TPSA) is 86.8 Å². The van der Waals surface area contributed by atoms with Crippen LogP contribution >= 0.6 is 23.2 Å². The number of hydrogen-bond acceptors (Lipinski definition) is 4. The number of carbonyl (C=O) groups is 2. The van der Waals surface area contributed by atoms with Crippen LogP contribution in [0.5, 0.6) is 0 Å². The molecule has 0 aliphatic carbocycles. The van der Waals surface area contributed by atoms with Gasteiger partial charge in [-0.15, -0.1) is 0 Å². The predicted molar refractivity (Wildman–Crippen MR) is 161 cm³/mol. The van der Waals surface area contributed by atoms with Gasteiger partial charge in [-0.25, -0.2) is 8.42 Å². The number of aryl methyl sites for hydroxylation is 2. The Labute approximate surface area is 247 Å². The number of anilines is 1. The first-order chi connectivity index (χ1) is 19.0. The van der Waals surface area contributed by atoms with E-state index in [1.54, 1.807) is 18.2 Å². The van der Waals surface area contributed by atoms with Crippen molar-refractivity contribution < 1.29 is 18.0 Å². The van der Waals surface area contributed by atoms with E-state index in [0.29, 0.717) is 13.0 Å². The Bertz CT molecular complexity index is 1450. The van der Waals surface area contributed by atoms with Crippen molar-refractivity contribution in [2.24, 2.45) is 0 Å². The van der Waals surface area contributed by atoms with E-state index in [2.05, 4.69) is 5.32 Å². The Balaban J connectivity index is 2.11. The van der Waals surface area contributed by atoms with Crippen LogP contribution in [-0.4, -0.2) is 44.3 Å². The quantitative estimate of drug-likeness (QED) is 0.269. The van der Waals surface area contributed by atoms with Gasteiger partial charge in [0.25, 0.3) is 10.0 Å². The van der Waals surface area contributed by atoms with Crippen LogP contribution in [0.2, 0.25) is 10.0 Å². The van der Waals surface area contributed by atoms with Crippen LogP contribution in [0, 0.1) is 13.8 Å². The third kappa shape index (κ3) is 7.56. The highest BCUT2D eigenvalue weighted by Crippen LogP contribution is 2.33. The first kappa shape index (κ1) is 31.5. The Morgan fingerprint density at radius 3 is 2.25 bits per heavy atom. The van der Waals surface area contributed by atoms with Crippen molar-refractivity contribution in [3.05, 3.63) is 93.5 Å². The zero-order chi connectivity index (χ0) is 29.4. The van der Waals surface area contributed by atoms with Crippen LogP contribution in [0.3, 0.4) is 0 Å². The number of benzene rings is 3. The normalized spacial score (nSPS) is 12.1. The molecule has 1 unspecified atom stereocenters. The zero-order valence-electron chi connectivity index (χ0n) is 23.2. The van der Waals surface area contributed by atoms with Crippen LogP contribution < -0.4 is 9.62 Å². The minimum absolute atomic E-state index is 0.000117. The molecule has 0 bridgehead atoms. The average molecular weight is 605 g/mol. The number of hydrogen-bond donors (Lipinski definition) is 1. The lowest BCUT2D eigenvalue weighted by molar-refractivity contribution is -0.140.